The monoisotopic (exact) mass is 338 g/mol. The average Bonchev–Trinajstić information content (AvgIpc) is 2.66. The molecule has 0 aromatic rings. The number of carboxylic acid groups (broad SMARTS) is 1. The number of aliphatic carboxylic acids is 1. The highest BCUT2D eigenvalue weighted by molar-refractivity contribution is 7.86. The number of aliphatic imine (C=N–C) groups is 1. The summed E-state index contributed by atoms with van der Waals surface area (Å²) in [4.78, 5) is 27.9. The van der Waals surface area contributed by atoms with E-state index in [0.29, 0.717) is 6.42 Å². The van der Waals surface area contributed by atoms with Crippen molar-refractivity contribution in [2.75, 3.05) is 18.8 Å². The van der Waals surface area contributed by atoms with Crippen molar-refractivity contribution >= 4 is 28.1 Å². The topological polar surface area (TPSA) is 156 Å². The van der Waals surface area contributed by atoms with E-state index in [1.165, 1.54) is 0 Å². The van der Waals surface area contributed by atoms with Crippen LogP contribution in [0, 0.1) is 5.92 Å². The maximum Gasteiger partial charge on any atom is 0.326 e. The molecule has 0 radical (unpaired) electrons. The smallest absolute Gasteiger partial charge is 0.326 e. The van der Waals surface area contributed by atoms with Crippen LogP contribution >= 0.6 is 0 Å². The van der Waals surface area contributed by atoms with Crippen molar-refractivity contribution in [3.05, 3.63) is 0 Å². The summed E-state index contributed by atoms with van der Waals surface area (Å²) in [5.74, 6) is -3.33. The number of carbonyl (C=O) groups excluding carboxylic acids is 1. The Labute approximate surface area is 127 Å². The molecule has 2 atom stereocenters. The first-order valence-corrected chi connectivity index (χ1v) is 8.15. The third-order valence-corrected chi connectivity index (χ3v) is 4.13. The Balaban J connectivity index is 2.66. The van der Waals surface area contributed by atoms with Gasteiger partial charge in [0.25, 0.3) is 0 Å². The van der Waals surface area contributed by atoms with Gasteiger partial charge in [-0.25, -0.2) is 4.79 Å². The molecule has 0 bridgehead atoms. The van der Waals surface area contributed by atoms with Gasteiger partial charge in [-0.2, -0.15) is 8.42 Å². The number of amides is 1. The molecule has 1 rings (SSSR count). The number of guanidine groups is 1. The molecule has 0 aromatic carbocycles. The molecule has 9 nitrogen and oxygen atoms in total. The molecule has 1 amide bonds. The minimum atomic E-state index is -4.70. The second kappa shape index (κ2) is 7.38. The highest BCUT2D eigenvalue weighted by Crippen LogP contribution is 2.24. The first kappa shape index (κ1) is 18.1. The van der Waals surface area contributed by atoms with Crippen LogP contribution in [0.1, 0.15) is 19.3 Å². The summed E-state index contributed by atoms with van der Waals surface area (Å²) in [5, 5.41) is 9.21. The molecular weight excluding hydrogens is 319 g/mol. The maximum atomic E-state index is 12.7. The molecule has 0 aliphatic carbocycles. The minimum absolute atomic E-state index is 0.0960. The standard InChI is InChI=1S/C11H19FN4O5S/c12-22(20,21)6-7-4-9(17)16(5-7)8(10(18)19)2-1-3-15-11(13)14/h7-8H,1-6H2,(H,18,19)(H4,13,14,15). The molecule has 1 heterocycles. The Morgan fingerprint density at radius 2 is 2.14 bits per heavy atom. The Morgan fingerprint density at radius 1 is 1.50 bits per heavy atom. The van der Waals surface area contributed by atoms with Gasteiger partial charge in [0.1, 0.15) is 6.04 Å². The van der Waals surface area contributed by atoms with Crippen LogP contribution in [0.3, 0.4) is 0 Å². The summed E-state index contributed by atoms with van der Waals surface area (Å²) in [7, 11) is -4.70. The molecule has 126 valence electrons. The Kier molecular flexibility index (Phi) is 6.09. The van der Waals surface area contributed by atoms with Crippen LogP contribution in [0.15, 0.2) is 4.99 Å². The van der Waals surface area contributed by atoms with Crippen molar-refractivity contribution in [1.82, 2.24) is 4.90 Å². The molecule has 22 heavy (non-hydrogen) atoms. The zero-order valence-corrected chi connectivity index (χ0v) is 12.6. The van der Waals surface area contributed by atoms with Gasteiger partial charge in [0.2, 0.25) is 5.91 Å². The number of nitrogens with two attached hydrogens (primary N) is 2. The van der Waals surface area contributed by atoms with Crippen LogP contribution in [0.5, 0.6) is 0 Å². The van der Waals surface area contributed by atoms with Crippen molar-refractivity contribution < 1.29 is 27.0 Å². The van der Waals surface area contributed by atoms with Gasteiger partial charge in [-0.3, -0.25) is 9.79 Å². The molecule has 0 aromatic heterocycles. The number of likely N-dealkylation sites (tertiary alicyclic amines) is 1. The average molecular weight is 338 g/mol. The highest BCUT2D eigenvalue weighted by atomic mass is 32.3. The lowest BCUT2D eigenvalue weighted by Gasteiger charge is -2.24. The third kappa shape index (κ3) is 5.84. The normalized spacial score (nSPS) is 20.0. The second-order valence-corrected chi connectivity index (χ2v) is 6.54. The SMILES string of the molecule is NC(N)=NCCCC(C(=O)O)N1CC(CS(=O)(=O)F)CC1=O. The van der Waals surface area contributed by atoms with Crippen LogP contribution < -0.4 is 11.5 Å². The molecule has 11 heteroatoms. The third-order valence-electron chi connectivity index (χ3n) is 3.26. The van der Waals surface area contributed by atoms with Crippen LogP contribution in [0.2, 0.25) is 0 Å². The van der Waals surface area contributed by atoms with Gasteiger partial charge in [-0.05, 0) is 12.8 Å². The lowest BCUT2D eigenvalue weighted by atomic mass is 10.1. The van der Waals surface area contributed by atoms with Gasteiger partial charge >= 0.3 is 16.2 Å². The molecule has 1 aliphatic rings. The molecule has 1 saturated heterocycles. The number of halogens is 1. The van der Waals surface area contributed by atoms with Gasteiger partial charge in [0, 0.05) is 25.4 Å². The molecule has 2 unspecified atom stereocenters. The second-order valence-electron chi connectivity index (χ2n) is 5.12. The summed E-state index contributed by atoms with van der Waals surface area (Å²) >= 11 is 0. The molecule has 0 spiro atoms. The highest BCUT2D eigenvalue weighted by Gasteiger charge is 2.38. The molecular formula is C11H19FN4O5S. The van der Waals surface area contributed by atoms with Crippen molar-refractivity contribution in [3.63, 3.8) is 0 Å². The molecule has 0 saturated carbocycles. The number of nitrogens with zero attached hydrogens (tertiary/aromatic N) is 2. The van der Waals surface area contributed by atoms with Crippen molar-refractivity contribution in [1.29, 1.82) is 0 Å². The van der Waals surface area contributed by atoms with Gasteiger partial charge in [-0.1, -0.05) is 0 Å². The molecule has 1 fully saturated rings. The van der Waals surface area contributed by atoms with Crippen molar-refractivity contribution in [3.8, 4) is 0 Å². The maximum absolute atomic E-state index is 12.7. The number of rotatable bonds is 8. The minimum Gasteiger partial charge on any atom is -0.480 e. The van der Waals surface area contributed by atoms with Crippen LogP contribution in [-0.2, 0) is 19.8 Å². The zero-order valence-electron chi connectivity index (χ0n) is 11.8. The lowest BCUT2D eigenvalue weighted by molar-refractivity contribution is -0.148. The van der Waals surface area contributed by atoms with Gasteiger partial charge in [0.05, 0.1) is 5.75 Å². The molecule has 1 aliphatic heterocycles. The summed E-state index contributed by atoms with van der Waals surface area (Å²) in [6.07, 6.45) is 0.276. The van der Waals surface area contributed by atoms with E-state index in [1.54, 1.807) is 0 Å². The van der Waals surface area contributed by atoms with Crippen LogP contribution in [-0.4, -0.2) is 61.1 Å². The molecule has 5 N–H and O–H groups in total. The lowest BCUT2D eigenvalue weighted by Crippen LogP contribution is -2.42. The predicted molar refractivity (Wildman–Crippen MR) is 76.0 cm³/mol. The largest absolute Gasteiger partial charge is 0.480 e. The van der Waals surface area contributed by atoms with E-state index >= 15 is 0 Å². The first-order valence-electron chi connectivity index (χ1n) is 6.60. The zero-order chi connectivity index (χ0) is 16.9. The van der Waals surface area contributed by atoms with E-state index in [1.807, 2.05) is 0 Å². The Morgan fingerprint density at radius 3 is 2.64 bits per heavy atom. The van der Waals surface area contributed by atoms with Gasteiger partial charge < -0.3 is 21.5 Å². The van der Waals surface area contributed by atoms with E-state index in [4.69, 9.17) is 11.5 Å². The fourth-order valence-corrected chi connectivity index (χ4v) is 3.19. The number of carboxylic acids is 1. The number of carbonyl (C=O) groups is 2. The summed E-state index contributed by atoms with van der Waals surface area (Å²) in [6, 6.07) is -1.10. The fraction of sp³-hybridized carbons (Fsp3) is 0.727. The summed E-state index contributed by atoms with van der Waals surface area (Å²) in [6.45, 7) is 0.123. The van der Waals surface area contributed by atoms with Crippen LogP contribution in [0.4, 0.5) is 3.89 Å². The van der Waals surface area contributed by atoms with E-state index in [-0.39, 0.29) is 31.9 Å². The van der Waals surface area contributed by atoms with Gasteiger partial charge in [-0.15, -0.1) is 3.89 Å². The van der Waals surface area contributed by atoms with E-state index in [0.717, 1.165) is 4.90 Å². The number of hydrogen-bond acceptors (Lipinski definition) is 5. The first-order chi connectivity index (χ1) is 10.1. The Bertz CT molecular complexity index is 561. The summed E-state index contributed by atoms with van der Waals surface area (Å²) < 4.78 is 33.9. The number of hydrogen-bond donors (Lipinski definition) is 3. The quantitative estimate of drug-likeness (QED) is 0.213. The fourth-order valence-electron chi connectivity index (χ4n) is 2.41. The predicted octanol–water partition coefficient (Wildman–Crippen LogP) is -1.36. The summed E-state index contributed by atoms with van der Waals surface area (Å²) in [5.41, 5.74) is 10.3. The van der Waals surface area contributed by atoms with E-state index in [9.17, 15) is 27.0 Å². The van der Waals surface area contributed by atoms with E-state index < -0.39 is 39.8 Å². The van der Waals surface area contributed by atoms with Crippen molar-refractivity contribution in [2.45, 2.75) is 25.3 Å². The Hall–Kier alpha value is -1.91. The van der Waals surface area contributed by atoms with Crippen LogP contribution in [0.25, 0.3) is 0 Å². The van der Waals surface area contributed by atoms with Gasteiger partial charge in [0.15, 0.2) is 5.96 Å². The van der Waals surface area contributed by atoms with Crippen molar-refractivity contribution in [2.24, 2.45) is 22.4 Å². The van der Waals surface area contributed by atoms with E-state index in [2.05, 4.69) is 4.99 Å².